The summed E-state index contributed by atoms with van der Waals surface area (Å²) in [7, 11) is -14.2. The van der Waals surface area contributed by atoms with Crippen molar-refractivity contribution in [1.29, 1.82) is 5.26 Å². The minimum absolute atomic E-state index is 0.668. The molecule has 0 fully saturated rings. The molecule has 0 N–H and O–H groups in total. The average molecular weight is 720 g/mol. The van der Waals surface area contributed by atoms with E-state index in [1.54, 1.807) is 0 Å². The topological polar surface area (TPSA) is 69.9 Å². The van der Waals surface area contributed by atoms with Gasteiger partial charge < -0.3 is 20.6 Å². The van der Waals surface area contributed by atoms with Gasteiger partial charge in [0.2, 0.25) is 8.32 Å². The van der Waals surface area contributed by atoms with Gasteiger partial charge in [0.25, 0.3) is 0 Å². The number of hydrogen-bond acceptors (Lipinski definition) is 6. The summed E-state index contributed by atoms with van der Waals surface area (Å²) in [5.41, 5.74) is 2.89. The van der Waals surface area contributed by atoms with E-state index in [9.17, 15) is 0 Å². The molecule has 2 rings (SSSR count). The van der Waals surface area contributed by atoms with Gasteiger partial charge in [0, 0.05) is 0 Å². The van der Waals surface area contributed by atoms with E-state index in [0.717, 1.165) is 11.1 Å². The monoisotopic (exact) mass is 719 g/mol. The highest BCUT2D eigenvalue weighted by Gasteiger charge is 2.47. The van der Waals surface area contributed by atoms with Crippen LogP contribution in [0.1, 0.15) is 51.0 Å². The fourth-order valence-corrected chi connectivity index (χ4v) is 35.9. The second kappa shape index (κ2) is 16.4. The Kier molecular flexibility index (Phi) is 14.7. The van der Waals surface area contributed by atoms with Gasteiger partial charge in [-0.3, -0.25) is 0 Å². The van der Waals surface area contributed by atoms with E-state index in [1.165, 1.54) is 49.8 Å². The molecular weight excluding hydrogens is 659 g/mol. The second-order valence-corrected chi connectivity index (χ2v) is 38.1. The first-order valence-corrected chi connectivity index (χ1v) is 34.0. The van der Waals surface area contributed by atoms with Crippen LogP contribution in [0.15, 0.2) is 48.5 Å². The third kappa shape index (κ3) is 14.8. The molecule has 0 atom stereocenters. The molecule has 0 aliphatic carbocycles. The summed E-state index contributed by atoms with van der Waals surface area (Å²) in [6.07, 6.45) is 7.86. The van der Waals surface area contributed by atoms with Gasteiger partial charge >= 0.3 is 34.2 Å². The van der Waals surface area contributed by atoms with Crippen molar-refractivity contribution in [3.63, 3.8) is 0 Å². The molecule has 252 valence electrons. The maximum absolute atomic E-state index is 9.10. The molecule has 0 aliphatic heterocycles. The first-order valence-electron chi connectivity index (χ1n) is 16.7. The fraction of sp³-hybridized carbons (Fsp3) is 0.606. The highest BCUT2D eigenvalue weighted by atomic mass is 28.5. The lowest BCUT2D eigenvalue weighted by Crippen LogP contribution is -2.61. The summed E-state index contributed by atoms with van der Waals surface area (Å²) in [5, 5.41) is 10.3. The SMILES string of the molecule is CCCCCCCC[Si](C)(C)O[Si](C)(C)O[Si](C)(C)O[Si](C)(C)O[Si](C)(C)O[Si](C)(C)c1ccc(-c2ccc(C#N)cc2)cc1. The van der Waals surface area contributed by atoms with E-state index < -0.39 is 50.9 Å². The van der Waals surface area contributed by atoms with Crippen LogP contribution in [0.4, 0.5) is 0 Å². The lowest BCUT2D eigenvalue weighted by molar-refractivity contribution is 0.282. The first kappa shape index (κ1) is 40.2. The standard InChI is InChI=1S/C33H61NO5Si6/c1-14-15-16-17-18-19-28-40(2,3)35-42(6,7)37-44(10,11)39-45(12,13)38-43(8,9)36-41(4,5)33-26-24-32(25-27-33)31-22-20-30(29-34)21-23-31/h20-27H,14-19,28H2,1-13H3. The molecule has 2 aromatic carbocycles. The van der Waals surface area contributed by atoms with Gasteiger partial charge in [-0.15, -0.1) is 0 Å². The van der Waals surface area contributed by atoms with Gasteiger partial charge in [-0.25, -0.2) is 0 Å². The molecular formula is C33H61NO5Si6. The molecule has 0 heterocycles. The predicted molar refractivity (Wildman–Crippen MR) is 205 cm³/mol. The summed E-state index contributed by atoms with van der Waals surface area (Å²) >= 11 is 0. The van der Waals surface area contributed by atoms with Crippen LogP contribution in [0.5, 0.6) is 0 Å². The average Bonchev–Trinajstić information content (AvgIpc) is 2.87. The van der Waals surface area contributed by atoms with Gasteiger partial charge in [-0.05, 0) is 113 Å². The Morgan fingerprint density at radius 2 is 0.911 bits per heavy atom. The van der Waals surface area contributed by atoms with Crippen molar-refractivity contribution in [3.8, 4) is 17.2 Å². The minimum Gasteiger partial charge on any atom is -0.436 e. The van der Waals surface area contributed by atoms with Crippen molar-refractivity contribution in [1.82, 2.24) is 0 Å². The van der Waals surface area contributed by atoms with E-state index in [4.69, 9.17) is 25.8 Å². The zero-order valence-corrected chi connectivity index (χ0v) is 36.6. The highest BCUT2D eigenvalue weighted by Crippen LogP contribution is 2.29. The first-order chi connectivity index (χ1) is 20.6. The third-order valence-electron chi connectivity index (χ3n) is 7.56. The van der Waals surface area contributed by atoms with Crippen molar-refractivity contribution in [3.05, 3.63) is 54.1 Å². The normalized spacial score (nSPS) is 13.6. The molecule has 2 aromatic rings. The Morgan fingerprint density at radius 3 is 1.38 bits per heavy atom. The van der Waals surface area contributed by atoms with Gasteiger partial charge in [-0.2, -0.15) is 5.26 Å². The highest BCUT2D eigenvalue weighted by molar-refractivity contribution is 6.94. The zero-order chi connectivity index (χ0) is 34.2. The molecule has 0 saturated heterocycles. The van der Waals surface area contributed by atoms with E-state index in [2.05, 4.69) is 116 Å². The molecule has 12 heteroatoms. The lowest BCUT2D eigenvalue weighted by Gasteiger charge is -2.43. The number of hydrogen-bond donors (Lipinski definition) is 0. The summed E-state index contributed by atoms with van der Waals surface area (Å²) in [6, 6.07) is 19.7. The maximum atomic E-state index is 9.10. The summed E-state index contributed by atoms with van der Waals surface area (Å²) < 4.78 is 34.2. The molecule has 0 aromatic heterocycles. The lowest BCUT2D eigenvalue weighted by atomic mass is 10.0. The van der Waals surface area contributed by atoms with E-state index in [1.807, 2.05) is 24.3 Å². The Morgan fingerprint density at radius 1 is 0.511 bits per heavy atom. The molecule has 0 bridgehead atoms. The van der Waals surface area contributed by atoms with Crippen LogP contribution in [0, 0.1) is 11.3 Å². The smallest absolute Gasteiger partial charge is 0.314 e. The Hall–Kier alpha value is -0.969. The van der Waals surface area contributed by atoms with Crippen LogP contribution in [-0.2, 0) is 20.6 Å². The number of nitriles is 1. The molecule has 0 radical (unpaired) electrons. The molecule has 0 aliphatic rings. The van der Waals surface area contributed by atoms with Crippen molar-refractivity contribution in [2.45, 2.75) is 130 Å². The van der Waals surface area contributed by atoms with Crippen molar-refractivity contribution >= 4 is 56.1 Å². The van der Waals surface area contributed by atoms with Crippen LogP contribution in [0.2, 0.25) is 84.6 Å². The van der Waals surface area contributed by atoms with Crippen LogP contribution >= 0.6 is 0 Å². The number of rotatable bonds is 19. The van der Waals surface area contributed by atoms with Crippen LogP contribution in [0.25, 0.3) is 11.1 Å². The van der Waals surface area contributed by atoms with E-state index in [0.29, 0.717) is 5.56 Å². The number of benzene rings is 2. The number of nitrogens with zero attached hydrogens (tertiary/aromatic N) is 1. The van der Waals surface area contributed by atoms with Crippen molar-refractivity contribution in [2.24, 2.45) is 0 Å². The molecule has 6 nitrogen and oxygen atoms in total. The van der Waals surface area contributed by atoms with Gasteiger partial charge in [-0.1, -0.05) is 81.8 Å². The Labute approximate surface area is 282 Å². The van der Waals surface area contributed by atoms with Crippen LogP contribution in [0.3, 0.4) is 0 Å². The molecule has 45 heavy (non-hydrogen) atoms. The fourth-order valence-electron chi connectivity index (χ4n) is 6.38. The largest absolute Gasteiger partial charge is 0.436 e. The van der Waals surface area contributed by atoms with Gasteiger partial charge in [0.1, 0.15) is 0 Å². The third-order valence-corrected chi connectivity index (χ3v) is 30.8. The minimum atomic E-state index is -2.58. The summed E-state index contributed by atoms with van der Waals surface area (Å²) in [4.78, 5) is 0. The van der Waals surface area contributed by atoms with Crippen LogP contribution in [-0.4, -0.2) is 50.9 Å². The van der Waals surface area contributed by atoms with Gasteiger partial charge in [0.05, 0.1) is 11.6 Å². The zero-order valence-electron chi connectivity index (χ0n) is 30.6. The molecule has 0 saturated carbocycles. The summed E-state index contributed by atoms with van der Waals surface area (Å²) in [5.74, 6) is 0. The van der Waals surface area contributed by atoms with Gasteiger partial charge in [0.15, 0.2) is 8.32 Å². The number of unbranched alkanes of at least 4 members (excludes halogenated alkanes) is 5. The van der Waals surface area contributed by atoms with Crippen molar-refractivity contribution in [2.75, 3.05) is 0 Å². The second-order valence-electron chi connectivity index (χ2n) is 15.2. The predicted octanol–water partition coefficient (Wildman–Crippen LogP) is 10.1. The summed E-state index contributed by atoms with van der Waals surface area (Å²) in [6.45, 7) is 28.6. The molecule has 0 unspecified atom stereocenters. The molecule has 0 spiro atoms. The Balaban J connectivity index is 1.99. The van der Waals surface area contributed by atoms with E-state index in [-0.39, 0.29) is 0 Å². The molecule has 0 amide bonds. The van der Waals surface area contributed by atoms with Crippen LogP contribution < -0.4 is 5.19 Å². The van der Waals surface area contributed by atoms with Crippen molar-refractivity contribution < 1.29 is 20.6 Å². The van der Waals surface area contributed by atoms with E-state index >= 15 is 0 Å². The quantitative estimate of drug-likeness (QED) is 0.106. The maximum Gasteiger partial charge on any atom is 0.314 e. The Bertz CT molecular complexity index is 1240.